The maximum Gasteiger partial charge on any atom is 0.335 e. The summed E-state index contributed by atoms with van der Waals surface area (Å²) in [5.41, 5.74) is 6.97. The van der Waals surface area contributed by atoms with Crippen LogP contribution in [0.4, 0.5) is 5.69 Å². The van der Waals surface area contributed by atoms with E-state index in [0.29, 0.717) is 37.3 Å². The van der Waals surface area contributed by atoms with E-state index in [1.54, 1.807) is 72.8 Å². The summed E-state index contributed by atoms with van der Waals surface area (Å²) in [4.78, 5) is 61.3. The van der Waals surface area contributed by atoms with Gasteiger partial charge >= 0.3 is 23.9 Å². The Kier molecular flexibility index (Phi) is 11.5. The number of rotatable bonds is 14. The molecule has 0 fully saturated rings. The van der Waals surface area contributed by atoms with Crippen molar-refractivity contribution < 1.29 is 54.1 Å². The van der Waals surface area contributed by atoms with Crippen LogP contribution in [0.2, 0.25) is 0 Å². The summed E-state index contributed by atoms with van der Waals surface area (Å²) >= 11 is 0. The van der Waals surface area contributed by atoms with Gasteiger partial charge < -0.3 is 30.4 Å². The van der Waals surface area contributed by atoms with Crippen molar-refractivity contribution in [2.45, 2.75) is 26.2 Å². The molecular formula is C48H37N2O10+. The molecule has 0 spiro atoms. The minimum atomic E-state index is -1.03. The number of carbonyl (C=O) groups is 5. The zero-order valence-corrected chi connectivity index (χ0v) is 31.9. The molecule has 0 heterocycles. The molecule has 60 heavy (non-hydrogen) atoms. The second-order valence-electron chi connectivity index (χ2n) is 14.2. The number of benzene rings is 5. The molecule has 5 aromatic rings. The summed E-state index contributed by atoms with van der Waals surface area (Å²) in [6.45, 7) is 1.58. The van der Waals surface area contributed by atoms with Gasteiger partial charge in [-0.25, -0.2) is 23.8 Å². The summed E-state index contributed by atoms with van der Waals surface area (Å²) < 4.78 is 2.03. The van der Waals surface area contributed by atoms with E-state index < -0.39 is 23.9 Å². The Morgan fingerprint density at radius 2 is 0.833 bits per heavy atom. The number of hydrogen-bond donors (Lipinski definition) is 5. The largest absolute Gasteiger partial charge is 0.506 e. The number of Topliss-reactive ketones (excluding diaryl/α,β-unsaturated/α-hetero) is 1. The number of aliphatic hydroxyl groups excluding tert-OH is 1. The second kappa shape index (κ2) is 17.2. The predicted octanol–water partition coefficient (Wildman–Crippen LogP) is 7.81. The molecule has 0 saturated carbocycles. The molecule has 0 aromatic heterocycles. The van der Waals surface area contributed by atoms with Crippen LogP contribution in [-0.2, 0) is 31.0 Å². The lowest BCUT2D eigenvalue weighted by Gasteiger charge is -2.27. The highest BCUT2D eigenvalue weighted by Gasteiger charge is 2.36. The smallest absolute Gasteiger partial charge is 0.335 e. The molecule has 0 bridgehead atoms. The number of allylic oxidation sites excluding steroid dienone is 7. The van der Waals surface area contributed by atoms with Gasteiger partial charge in [-0.2, -0.15) is 0 Å². The lowest BCUT2D eigenvalue weighted by atomic mass is 9.80. The van der Waals surface area contributed by atoms with Crippen LogP contribution < -0.4 is 4.90 Å². The monoisotopic (exact) mass is 801 g/mol. The number of carboxylic acids is 4. The first-order valence-corrected chi connectivity index (χ1v) is 18.7. The van der Waals surface area contributed by atoms with Crippen molar-refractivity contribution in [2.75, 3.05) is 4.90 Å². The van der Waals surface area contributed by atoms with E-state index in [1.165, 1.54) is 48.5 Å². The van der Waals surface area contributed by atoms with Gasteiger partial charge in [0.2, 0.25) is 11.5 Å². The summed E-state index contributed by atoms with van der Waals surface area (Å²) in [5.74, 6) is -4.58. The highest BCUT2D eigenvalue weighted by atomic mass is 16.4. The third-order valence-electron chi connectivity index (χ3n) is 10.3. The van der Waals surface area contributed by atoms with Gasteiger partial charge in [0.25, 0.3) is 0 Å². The Hall–Kier alpha value is -8.12. The normalized spacial score (nSPS) is 13.3. The van der Waals surface area contributed by atoms with E-state index in [0.717, 1.165) is 33.7 Å². The number of ketones is 1. The minimum Gasteiger partial charge on any atom is -0.506 e. The van der Waals surface area contributed by atoms with Crippen LogP contribution in [0.15, 0.2) is 163 Å². The molecule has 5 N–H and O–H groups in total. The maximum atomic E-state index is 13.6. The number of carbonyl (C=O) groups excluding carboxylic acids is 1. The Labute approximate surface area is 343 Å². The lowest BCUT2D eigenvalue weighted by molar-refractivity contribution is -0.558. The molecule has 0 saturated heterocycles. The minimum absolute atomic E-state index is 0.136. The van der Waals surface area contributed by atoms with Crippen LogP contribution >= 0.6 is 0 Å². The number of carboxylic acid groups (broad SMARTS) is 4. The number of hydrogen-bond acceptors (Lipinski definition) is 7. The molecular weight excluding hydrogens is 765 g/mol. The molecule has 0 radical (unpaired) electrons. The molecule has 0 atom stereocenters. The molecule has 7 rings (SSSR count). The first kappa shape index (κ1) is 40.1. The van der Waals surface area contributed by atoms with Crippen molar-refractivity contribution in [3.8, 4) is 0 Å². The fraction of sp³-hybridized carbons (Fsp3) is 0.0833. The third kappa shape index (κ3) is 8.88. The number of aromatic carboxylic acids is 4. The Morgan fingerprint density at radius 3 is 1.18 bits per heavy atom. The second-order valence-corrected chi connectivity index (χ2v) is 14.2. The summed E-state index contributed by atoms with van der Waals surface area (Å²) in [7, 11) is 0. The molecule has 2 aliphatic carbocycles. The van der Waals surface area contributed by atoms with Crippen molar-refractivity contribution in [2.24, 2.45) is 0 Å². The van der Waals surface area contributed by atoms with Gasteiger partial charge in [0.05, 0.1) is 33.4 Å². The van der Waals surface area contributed by atoms with Crippen molar-refractivity contribution in [3.63, 3.8) is 0 Å². The first-order chi connectivity index (χ1) is 28.8. The highest BCUT2D eigenvalue weighted by molar-refractivity contribution is 6.39. The van der Waals surface area contributed by atoms with Crippen LogP contribution in [0.1, 0.15) is 69.2 Å². The van der Waals surface area contributed by atoms with Crippen LogP contribution in [0.25, 0.3) is 5.57 Å². The maximum absolute atomic E-state index is 13.6. The topological polar surface area (TPSA) is 193 Å². The highest BCUT2D eigenvalue weighted by Crippen LogP contribution is 2.39. The molecule has 0 aliphatic heterocycles. The van der Waals surface area contributed by atoms with E-state index in [9.17, 15) is 49.5 Å². The molecule has 2 aliphatic rings. The molecule has 5 aromatic carbocycles. The van der Waals surface area contributed by atoms with Crippen LogP contribution in [0, 0.1) is 0 Å². The standard InChI is InChI=1S/C48H36N2O10/c51-43-41(33-17-21-39(22-18-33)49(25-29-1-9-35(10-2-29)45(53)54)26-30-3-11-36(12-4-30)46(55)56)44(52)42(43)34-19-23-40(24-20-34)50(27-31-5-13-37(14-6-31)47(57)58)28-32-7-15-38(16-8-32)48(59)60/h1-24H,25-28H2,(H4-,51,52,53,54,55,56,57,58,59,60)/p+1. The quantitative estimate of drug-likeness (QED) is 0.0543. The number of nitrogens with zero attached hydrogens (tertiary/aromatic N) is 2. The number of anilines is 1. The Bertz CT molecular complexity index is 2550. The van der Waals surface area contributed by atoms with E-state index in [1.807, 2.05) is 33.8 Å². The van der Waals surface area contributed by atoms with E-state index in [4.69, 9.17) is 0 Å². The van der Waals surface area contributed by atoms with Gasteiger partial charge in [0.1, 0.15) is 5.76 Å². The average molecular weight is 802 g/mol. The van der Waals surface area contributed by atoms with E-state index >= 15 is 0 Å². The molecule has 0 amide bonds. The third-order valence-corrected chi connectivity index (χ3v) is 10.3. The van der Waals surface area contributed by atoms with Gasteiger partial charge in [-0.1, -0.05) is 60.7 Å². The van der Waals surface area contributed by atoms with E-state index in [2.05, 4.69) is 0 Å². The van der Waals surface area contributed by atoms with Gasteiger partial charge in [0.15, 0.2) is 13.1 Å². The van der Waals surface area contributed by atoms with Crippen molar-refractivity contribution in [1.82, 2.24) is 0 Å². The zero-order chi connectivity index (χ0) is 42.5. The Balaban J connectivity index is 1.13. The van der Waals surface area contributed by atoms with Crippen molar-refractivity contribution >= 4 is 46.6 Å². The summed E-state index contributed by atoms with van der Waals surface area (Å²) in [6.07, 6.45) is 7.14. The van der Waals surface area contributed by atoms with Gasteiger partial charge in [-0.3, -0.25) is 4.79 Å². The SMILES string of the molecule is O=C1C(=C2C=CC(=[N+](Cc3ccc(C(=O)O)cc3)Cc3ccc(C(=O)O)cc3)C=C2)C(O)=C1c1ccc(N(Cc2ccc(C(=O)O)cc2)Cc2ccc(C(=O)O)cc2)cc1. The molecule has 0 unspecified atom stereocenters. The molecule has 12 nitrogen and oxygen atoms in total. The van der Waals surface area contributed by atoms with Gasteiger partial charge in [0, 0.05) is 42.1 Å². The van der Waals surface area contributed by atoms with Gasteiger partial charge in [-0.05, 0) is 95.1 Å². The average Bonchev–Trinajstić information content (AvgIpc) is 3.24. The molecule has 12 heteroatoms. The summed E-state index contributed by atoms with van der Waals surface area (Å²) in [5, 5.41) is 48.6. The first-order valence-electron chi connectivity index (χ1n) is 18.7. The predicted molar refractivity (Wildman–Crippen MR) is 222 cm³/mol. The van der Waals surface area contributed by atoms with Crippen molar-refractivity contribution in [1.29, 1.82) is 0 Å². The van der Waals surface area contributed by atoms with Crippen molar-refractivity contribution in [3.05, 3.63) is 213 Å². The number of aliphatic hydroxyl groups is 1. The fourth-order valence-corrected chi connectivity index (χ4v) is 6.99. The van der Waals surface area contributed by atoms with Gasteiger partial charge in [-0.15, -0.1) is 0 Å². The van der Waals surface area contributed by atoms with E-state index in [-0.39, 0.29) is 44.9 Å². The fourth-order valence-electron chi connectivity index (χ4n) is 6.99. The van der Waals surface area contributed by atoms with Crippen LogP contribution in [0.3, 0.4) is 0 Å². The lowest BCUT2D eigenvalue weighted by Crippen LogP contribution is -2.24. The zero-order valence-electron chi connectivity index (χ0n) is 31.9. The van der Waals surface area contributed by atoms with Crippen LogP contribution in [-0.4, -0.2) is 65.5 Å². The Morgan fingerprint density at radius 1 is 0.467 bits per heavy atom. The summed E-state index contributed by atoms with van der Waals surface area (Å²) in [6, 6.07) is 33.3. The van der Waals surface area contributed by atoms with Crippen LogP contribution in [0.5, 0.6) is 0 Å². The molecule has 298 valence electrons.